The summed E-state index contributed by atoms with van der Waals surface area (Å²) in [7, 11) is -3.44. The standard InChI is InChI=1S/C22H26N4O6S/c1-3-5-12-25-19(23)18(20(27)24-22(25)29)26(14-16-7-6-13-32-16)21(28)15-8-10-17(11-9-15)33(30,31)4-2/h6-11,13H,3-5,12,14,23H2,1-2H3,(H,24,27,29). The number of nitrogens with two attached hydrogens (primary N) is 1. The number of aromatic nitrogens is 2. The molecule has 1 amide bonds. The Morgan fingerprint density at radius 1 is 1.15 bits per heavy atom. The van der Waals surface area contributed by atoms with Crippen LogP contribution < -0.4 is 21.9 Å². The zero-order valence-corrected chi connectivity index (χ0v) is 19.2. The molecule has 0 aliphatic carbocycles. The molecule has 11 heteroatoms. The zero-order valence-electron chi connectivity index (χ0n) is 18.4. The molecule has 0 bridgehead atoms. The summed E-state index contributed by atoms with van der Waals surface area (Å²) in [5.41, 5.74) is 4.70. The monoisotopic (exact) mass is 474 g/mol. The average molecular weight is 475 g/mol. The van der Waals surface area contributed by atoms with Crippen molar-refractivity contribution in [2.75, 3.05) is 16.4 Å². The van der Waals surface area contributed by atoms with Crippen LogP contribution in [0.5, 0.6) is 0 Å². The molecule has 0 spiro atoms. The summed E-state index contributed by atoms with van der Waals surface area (Å²) in [6.45, 7) is 3.63. The molecule has 3 rings (SSSR count). The van der Waals surface area contributed by atoms with E-state index in [1.807, 2.05) is 6.92 Å². The van der Waals surface area contributed by atoms with Crippen LogP contribution in [-0.2, 0) is 22.9 Å². The maximum atomic E-state index is 13.5. The highest BCUT2D eigenvalue weighted by molar-refractivity contribution is 7.91. The van der Waals surface area contributed by atoms with E-state index in [1.54, 1.807) is 12.1 Å². The molecule has 0 radical (unpaired) electrons. The molecular formula is C22H26N4O6S. The Morgan fingerprint density at radius 3 is 2.42 bits per heavy atom. The van der Waals surface area contributed by atoms with E-state index >= 15 is 0 Å². The van der Waals surface area contributed by atoms with Gasteiger partial charge in [0.2, 0.25) is 0 Å². The average Bonchev–Trinajstić information content (AvgIpc) is 3.31. The molecule has 10 nitrogen and oxygen atoms in total. The fourth-order valence-electron chi connectivity index (χ4n) is 3.31. The van der Waals surface area contributed by atoms with Gasteiger partial charge in [0, 0.05) is 12.1 Å². The number of benzene rings is 1. The Bertz CT molecular complexity index is 1340. The Balaban J connectivity index is 2.11. The topological polar surface area (TPSA) is 148 Å². The van der Waals surface area contributed by atoms with Gasteiger partial charge in [-0.15, -0.1) is 0 Å². The predicted molar refractivity (Wildman–Crippen MR) is 124 cm³/mol. The Morgan fingerprint density at radius 2 is 1.85 bits per heavy atom. The lowest BCUT2D eigenvalue weighted by atomic mass is 10.2. The van der Waals surface area contributed by atoms with Crippen LogP contribution in [0.2, 0.25) is 0 Å². The van der Waals surface area contributed by atoms with Crippen LogP contribution in [-0.4, -0.2) is 29.6 Å². The predicted octanol–water partition coefficient (Wildman–Crippen LogP) is 2.15. The number of nitrogens with zero attached hydrogens (tertiary/aromatic N) is 2. The van der Waals surface area contributed by atoms with Crippen LogP contribution in [0.3, 0.4) is 0 Å². The number of anilines is 2. The van der Waals surface area contributed by atoms with Gasteiger partial charge >= 0.3 is 5.69 Å². The molecular weight excluding hydrogens is 448 g/mol. The number of nitrogen functional groups attached to an aromatic ring is 1. The van der Waals surface area contributed by atoms with Gasteiger partial charge in [0.05, 0.1) is 23.5 Å². The lowest BCUT2D eigenvalue weighted by molar-refractivity contribution is 0.0982. The van der Waals surface area contributed by atoms with E-state index in [-0.39, 0.29) is 40.8 Å². The quantitative estimate of drug-likeness (QED) is 0.483. The van der Waals surface area contributed by atoms with E-state index in [4.69, 9.17) is 10.2 Å². The first-order valence-corrected chi connectivity index (χ1v) is 12.1. The van der Waals surface area contributed by atoms with Gasteiger partial charge in [-0.05, 0) is 42.8 Å². The number of sulfone groups is 1. The number of carbonyl (C=O) groups is 1. The summed E-state index contributed by atoms with van der Waals surface area (Å²) in [4.78, 5) is 42.0. The van der Waals surface area contributed by atoms with E-state index in [0.717, 1.165) is 11.3 Å². The number of carbonyl (C=O) groups excluding carboxylic acids is 1. The molecule has 0 atom stereocenters. The van der Waals surface area contributed by atoms with Crippen molar-refractivity contribution in [2.24, 2.45) is 0 Å². The van der Waals surface area contributed by atoms with Gasteiger partial charge in [-0.25, -0.2) is 13.2 Å². The van der Waals surface area contributed by atoms with Gasteiger partial charge in [0.15, 0.2) is 15.5 Å². The van der Waals surface area contributed by atoms with Crippen LogP contribution in [0.25, 0.3) is 0 Å². The lowest BCUT2D eigenvalue weighted by Crippen LogP contribution is -2.41. The zero-order chi connectivity index (χ0) is 24.2. The van der Waals surface area contributed by atoms with Crippen LogP contribution in [0.1, 0.15) is 42.8 Å². The second-order valence-corrected chi connectivity index (χ2v) is 9.68. The highest BCUT2D eigenvalue weighted by atomic mass is 32.2. The summed E-state index contributed by atoms with van der Waals surface area (Å²) in [5.74, 6) is -0.429. The van der Waals surface area contributed by atoms with E-state index in [0.29, 0.717) is 12.2 Å². The molecule has 0 fully saturated rings. The van der Waals surface area contributed by atoms with Crippen LogP contribution in [0, 0.1) is 0 Å². The number of amides is 1. The summed E-state index contributed by atoms with van der Waals surface area (Å²) in [6, 6.07) is 8.70. The summed E-state index contributed by atoms with van der Waals surface area (Å²) < 4.78 is 30.8. The van der Waals surface area contributed by atoms with Gasteiger partial charge in [0.1, 0.15) is 11.6 Å². The van der Waals surface area contributed by atoms with Crippen molar-refractivity contribution in [1.29, 1.82) is 0 Å². The van der Waals surface area contributed by atoms with Crippen molar-refractivity contribution in [3.63, 3.8) is 0 Å². The van der Waals surface area contributed by atoms with Crippen LogP contribution in [0.15, 0.2) is 61.6 Å². The summed E-state index contributed by atoms with van der Waals surface area (Å²) >= 11 is 0. The fraction of sp³-hybridized carbons (Fsp3) is 0.318. The van der Waals surface area contributed by atoms with Crippen LogP contribution in [0.4, 0.5) is 11.5 Å². The minimum Gasteiger partial charge on any atom is -0.467 e. The number of H-pyrrole nitrogens is 1. The Labute approximate surface area is 190 Å². The van der Waals surface area contributed by atoms with E-state index in [2.05, 4.69) is 4.98 Å². The number of hydrogen-bond acceptors (Lipinski definition) is 7. The maximum absolute atomic E-state index is 13.5. The second kappa shape index (κ2) is 9.90. The normalized spacial score (nSPS) is 11.5. The highest BCUT2D eigenvalue weighted by Crippen LogP contribution is 2.23. The van der Waals surface area contributed by atoms with Crippen molar-refractivity contribution >= 4 is 27.2 Å². The molecule has 2 heterocycles. The smallest absolute Gasteiger partial charge is 0.330 e. The summed E-state index contributed by atoms with van der Waals surface area (Å²) in [6.07, 6.45) is 2.87. The van der Waals surface area contributed by atoms with Crippen molar-refractivity contribution in [3.05, 3.63) is 74.8 Å². The largest absolute Gasteiger partial charge is 0.467 e. The van der Waals surface area contributed by atoms with Crippen molar-refractivity contribution in [1.82, 2.24) is 9.55 Å². The minimum atomic E-state index is -3.44. The molecule has 176 valence electrons. The maximum Gasteiger partial charge on any atom is 0.330 e. The molecule has 33 heavy (non-hydrogen) atoms. The molecule has 0 saturated heterocycles. The van der Waals surface area contributed by atoms with Gasteiger partial charge in [-0.2, -0.15) is 0 Å². The first-order chi connectivity index (χ1) is 15.7. The SMILES string of the molecule is CCCCn1c(N)c(N(Cc2ccco2)C(=O)c2ccc(S(=O)(=O)CC)cc2)c(=O)[nH]c1=O. The molecule has 3 aromatic rings. The lowest BCUT2D eigenvalue weighted by Gasteiger charge is -2.24. The van der Waals surface area contributed by atoms with Crippen LogP contribution >= 0.6 is 0 Å². The minimum absolute atomic E-state index is 0.0733. The third kappa shape index (κ3) is 5.08. The molecule has 0 aliphatic heterocycles. The molecule has 0 saturated carbocycles. The Kier molecular flexibility index (Phi) is 7.22. The first kappa shape index (κ1) is 24.1. The van der Waals surface area contributed by atoms with E-state index in [1.165, 1.54) is 42.0 Å². The number of unbranched alkanes of at least 4 members (excludes halogenated alkanes) is 1. The third-order valence-corrected chi connectivity index (χ3v) is 6.95. The van der Waals surface area contributed by atoms with Gasteiger partial charge in [0.25, 0.3) is 11.5 Å². The van der Waals surface area contributed by atoms with Crippen molar-refractivity contribution < 1.29 is 17.6 Å². The van der Waals surface area contributed by atoms with E-state index < -0.39 is 27.0 Å². The van der Waals surface area contributed by atoms with E-state index in [9.17, 15) is 22.8 Å². The van der Waals surface area contributed by atoms with Gasteiger partial charge < -0.3 is 10.2 Å². The molecule has 3 N–H and O–H groups in total. The summed E-state index contributed by atoms with van der Waals surface area (Å²) in [5, 5.41) is 0. The first-order valence-electron chi connectivity index (χ1n) is 10.5. The number of rotatable bonds is 9. The number of aromatic amines is 1. The van der Waals surface area contributed by atoms with Crippen molar-refractivity contribution in [3.8, 4) is 0 Å². The van der Waals surface area contributed by atoms with Gasteiger partial charge in [-0.3, -0.25) is 24.0 Å². The number of furan rings is 1. The molecule has 0 aliphatic rings. The number of nitrogens with one attached hydrogen (secondary N) is 1. The second-order valence-electron chi connectivity index (χ2n) is 7.40. The van der Waals surface area contributed by atoms with Crippen molar-refractivity contribution in [2.45, 2.75) is 44.7 Å². The molecule has 0 unspecified atom stereocenters. The Hall–Kier alpha value is -3.60. The highest BCUT2D eigenvalue weighted by Gasteiger charge is 2.26. The fourth-order valence-corrected chi connectivity index (χ4v) is 4.20. The molecule has 1 aromatic carbocycles. The molecule has 2 aromatic heterocycles. The third-order valence-electron chi connectivity index (χ3n) is 5.20. The van der Waals surface area contributed by atoms with Gasteiger partial charge in [-0.1, -0.05) is 20.3 Å². The number of hydrogen-bond donors (Lipinski definition) is 2.